The normalized spacial score (nSPS) is 26.4. The van der Waals surface area contributed by atoms with Gasteiger partial charge in [0.05, 0.1) is 24.9 Å². The lowest BCUT2D eigenvalue weighted by Gasteiger charge is -2.30. The number of carbonyl (C=O) groups excluding carboxylic acids is 1. The third-order valence-corrected chi connectivity index (χ3v) is 4.61. The number of ether oxygens (including phenoxy) is 1. The second-order valence-corrected chi connectivity index (χ2v) is 6.17. The van der Waals surface area contributed by atoms with E-state index in [1.165, 1.54) is 12.8 Å². The summed E-state index contributed by atoms with van der Waals surface area (Å²) >= 11 is 0. The Morgan fingerprint density at radius 1 is 1.14 bits per heavy atom. The van der Waals surface area contributed by atoms with Crippen molar-refractivity contribution in [2.75, 3.05) is 39.4 Å². The Kier molecular flexibility index (Phi) is 3.29. The van der Waals surface area contributed by atoms with E-state index in [0.29, 0.717) is 32.2 Å². The van der Waals surface area contributed by atoms with Gasteiger partial charge >= 0.3 is 6.03 Å². The number of hydrogen-bond donors (Lipinski definition) is 0. The largest absolute Gasteiger partial charge is 0.378 e. The molecule has 7 nitrogen and oxygen atoms in total. The lowest BCUT2D eigenvalue weighted by atomic mass is 10.2. The molecule has 0 aromatic carbocycles. The van der Waals surface area contributed by atoms with Crippen LogP contribution >= 0.6 is 0 Å². The van der Waals surface area contributed by atoms with Crippen molar-refractivity contribution in [2.24, 2.45) is 0 Å². The number of hydrogen-bond acceptors (Lipinski definition) is 4. The minimum atomic E-state index is 0.142. The Morgan fingerprint density at radius 3 is 2.71 bits per heavy atom. The Bertz CT molecular complexity index is 521. The fraction of sp³-hybridized carbons (Fsp3) is 0.786. The van der Waals surface area contributed by atoms with Crippen molar-refractivity contribution in [3.63, 3.8) is 0 Å². The van der Waals surface area contributed by atoms with E-state index in [9.17, 15) is 4.79 Å². The summed E-state index contributed by atoms with van der Waals surface area (Å²) in [4.78, 5) is 16.3. The number of urea groups is 1. The van der Waals surface area contributed by atoms with Crippen LogP contribution in [-0.2, 0) is 4.74 Å². The number of aromatic nitrogens is 3. The molecule has 3 fully saturated rings. The maximum Gasteiger partial charge on any atom is 0.320 e. The van der Waals surface area contributed by atoms with E-state index in [1.54, 1.807) is 0 Å². The fourth-order valence-corrected chi connectivity index (χ4v) is 3.12. The summed E-state index contributed by atoms with van der Waals surface area (Å²) in [6.07, 6.45) is 5.52. The zero-order valence-electron chi connectivity index (χ0n) is 12.1. The van der Waals surface area contributed by atoms with Gasteiger partial charge in [-0.1, -0.05) is 5.21 Å². The van der Waals surface area contributed by atoms with E-state index < -0.39 is 0 Å². The lowest BCUT2D eigenvalue weighted by molar-refractivity contribution is 0.0449. The van der Waals surface area contributed by atoms with Gasteiger partial charge in [0.1, 0.15) is 0 Å². The summed E-state index contributed by atoms with van der Waals surface area (Å²) in [6, 6.07) is 0.415. The number of morpholine rings is 1. The van der Waals surface area contributed by atoms with Crippen molar-refractivity contribution < 1.29 is 9.53 Å². The molecule has 2 amide bonds. The molecule has 1 aromatic heterocycles. The van der Waals surface area contributed by atoms with E-state index in [4.69, 9.17) is 4.74 Å². The molecule has 0 spiro atoms. The molecule has 7 heteroatoms. The van der Waals surface area contributed by atoms with E-state index in [0.717, 1.165) is 25.2 Å². The van der Waals surface area contributed by atoms with E-state index in [2.05, 4.69) is 16.5 Å². The highest BCUT2D eigenvalue weighted by Crippen LogP contribution is 2.39. The van der Waals surface area contributed by atoms with Crippen molar-refractivity contribution >= 4 is 6.03 Å². The summed E-state index contributed by atoms with van der Waals surface area (Å²) in [7, 11) is 0. The van der Waals surface area contributed by atoms with Gasteiger partial charge in [-0.25, -0.2) is 9.48 Å². The van der Waals surface area contributed by atoms with Crippen molar-refractivity contribution in [2.45, 2.75) is 31.2 Å². The minimum Gasteiger partial charge on any atom is -0.378 e. The van der Waals surface area contributed by atoms with Crippen LogP contribution in [0, 0.1) is 0 Å². The van der Waals surface area contributed by atoms with Crippen LogP contribution in [0.5, 0.6) is 0 Å². The van der Waals surface area contributed by atoms with Crippen LogP contribution in [0.4, 0.5) is 4.79 Å². The summed E-state index contributed by atoms with van der Waals surface area (Å²) in [6.45, 7) is 4.25. The van der Waals surface area contributed by atoms with Gasteiger partial charge in [-0.3, -0.25) is 0 Å². The van der Waals surface area contributed by atoms with Gasteiger partial charge in [0, 0.05) is 38.3 Å². The number of rotatable bonds is 2. The molecule has 4 rings (SSSR count). The van der Waals surface area contributed by atoms with E-state index >= 15 is 0 Å². The molecule has 114 valence electrons. The molecule has 0 N–H and O–H groups in total. The summed E-state index contributed by atoms with van der Waals surface area (Å²) in [5.41, 5.74) is 1.12. The first kappa shape index (κ1) is 13.1. The van der Waals surface area contributed by atoms with Crippen molar-refractivity contribution in [1.82, 2.24) is 24.8 Å². The molecule has 3 heterocycles. The third-order valence-electron chi connectivity index (χ3n) is 4.61. The molecule has 21 heavy (non-hydrogen) atoms. The summed E-state index contributed by atoms with van der Waals surface area (Å²) in [5.74, 6) is 0.631. The maximum atomic E-state index is 12.5. The first-order valence-corrected chi connectivity index (χ1v) is 7.84. The van der Waals surface area contributed by atoms with Crippen molar-refractivity contribution in [3.05, 3.63) is 11.9 Å². The SMILES string of the molecule is O=C(N1CCOCC1)N1CCC(n2cc(C3CC3)nn2)C1. The molecular weight excluding hydrogens is 270 g/mol. The molecule has 2 saturated heterocycles. The summed E-state index contributed by atoms with van der Waals surface area (Å²) in [5, 5.41) is 8.53. The van der Waals surface area contributed by atoms with Crippen LogP contribution in [-0.4, -0.2) is 70.2 Å². The molecule has 1 atom stereocenters. The second-order valence-electron chi connectivity index (χ2n) is 6.17. The van der Waals surface area contributed by atoms with Crippen LogP contribution in [0.2, 0.25) is 0 Å². The van der Waals surface area contributed by atoms with Crippen LogP contribution < -0.4 is 0 Å². The molecule has 0 bridgehead atoms. The first-order valence-electron chi connectivity index (χ1n) is 7.84. The molecule has 2 aliphatic heterocycles. The Hall–Kier alpha value is -1.63. The van der Waals surface area contributed by atoms with Crippen LogP contribution in [0.1, 0.15) is 36.9 Å². The van der Waals surface area contributed by atoms with Crippen molar-refractivity contribution in [1.29, 1.82) is 0 Å². The number of nitrogens with zero attached hydrogens (tertiary/aromatic N) is 5. The molecule has 1 aromatic rings. The van der Waals surface area contributed by atoms with Gasteiger partial charge in [-0.2, -0.15) is 0 Å². The Morgan fingerprint density at radius 2 is 1.95 bits per heavy atom. The van der Waals surface area contributed by atoms with Gasteiger partial charge < -0.3 is 14.5 Å². The van der Waals surface area contributed by atoms with E-state index in [-0.39, 0.29) is 12.1 Å². The molecular formula is C14H21N5O2. The zero-order chi connectivity index (χ0) is 14.2. The molecule has 1 unspecified atom stereocenters. The monoisotopic (exact) mass is 291 g/mol. The van der Waals surface area contributed by atoms with Crippen LogP contribution in [0.15, 0.2) is 6.20 Å². The van der Waals surface area contributed by atoms with Gasteiger partial charge in [-0.15, -0.1) is 5.10 Å². The average molecular weight is 291 g/mol. The number of carbonyl (C=O) groups is 1. The van der Waals surface area contributed by atoms with Gasteiger partial charge in [0.2, 0.25) is 0 Å². The highest BCUT2D eigenvalue weighted by Gasteiger charge is 2.33. The van der Waals surface area contributed by atoms with Gasteiger partial charge in [0.25, 0.3) is 0 Å². The molecule has 1 saturated carbocycles. The summed E-state index contributed by atoms with van der Waals surface area (Å²) < 4.78 is 7.26. The minimum absolute atomic E-state index is 0.142. The first-order chi connectivity index (χ1) is 10.3. The highest BCUT2D eigenvalue weighted by atomic mass is 16.5. The number of amides is 2. The van der Waals surface area contributed by atoms with Gasteiger partial charge in [0.15, 0.2) is 0 Å². The fourth-order valence-electron chi connectivity index (χ4n) is 3.12. The maximum absolute atomic E-state index is 12.5. The highest BCUT2D eigenvalue weighted by molar-refractivity contribution is 5.74. The standard InChI is InChI=1S/C14H21N5O2/c20-14(17-5-7-21-8-6-17)18-4-3-12(9-18)19-10-13(15-16-19)11-1-2-11/h10-12H,1-9H2. The van der Waals surface area contributed by atoms with Gasteiger partial charge in [-0.05, 0) is 19.3 Å². The van der Waals surface area contributed by atoms with Crippen LogP contribution in [0.25, 0.3) is 0 Å². The third kappa shape index (κ3) is 2.62. The predicted molar refractivity (Wildman–Crippen MR) is 75.0 cm³/mol. The topological polar surface area (TPSA) is 63.5 Å². The smallest absolute Gasteiger partial charge is 0.320 e. The lowest BCUT2D eigenvalue weighted by Crippen LogP contribution is -2.47. The Balaban J connectivity index is 1.38. The zero-order valence-corrected chi connectivity index (χ0v) is 12.1. The van der Waals surface area contributed by atoms with Crippen LogP contribution in [0.3, 0.4) is 0 Å². The van der Waals surface area contributed by atoms with E-state index in [1.807, 2.05) is 14.5 Å². The predicted octanol–water partition coefficient (Wildman–Crippen LogP) is 0.854. The second kappa shape index (κ2) is 5.29. The molecule has 1 aliphatic carbocycles. The van der Waals surface area contributed by atoms with Crippen molar-refractivity contribution in [3.8, 4) is 0 Å². The number of likely N-dealkylation sites (tertiary alicyclic amines) is 1. The molecule has 0 radical (unpaired) electrons. The average Bonchev–Trinajstić information content (AvgIpc) is 3.07. The quantitative estimate of drug-likeness (QED) is 0.810. The molecule has 3 aliphatic rings. The Labute approximate surface area is 123 Å².